The Morgan fingerprint density at radius 1 is 0.840 bits per heavy atom. The lowest BCUT2D eigenvalue weighted by molar-refractivity contribution is 0.0974. The number of benzene rings is 2. The summed E-state index contributed by atoms with van der Waals surface area (Å²) in [4.78, 5) is 25.8. The second-order valence-corrected chi connectivity index (χ2v) is 7.26. The maximum Gasteiger partial charge on any atom is 0.229 e. The lowest BCUT2D eigenvalue weighted by Crippen LogP contribution is -2.23. The molecule has 130 valence electrons. The van der Waals surface area contributed by atoms with Crippen molar-refractivity contribution in [3.8, 4) is 11.5 Å². The number of anilines is 1. The highest BCUT2D eigenvalue weighted by molar-refractivity contribution is 7.92. The molecule has 2 aromatic rings. The minimum absolute atomic E-state index is 0.107. The van der Waals surface area contributed by atoms with Crippen LogP contribution in [0.3, 0.4) is 0 Å². The van der Waals surface area contributed by atoms with E-state index < -0.39 is 15.8 Å². The molecule has 0 atom stereocenters. The summed E-state index contributed by atoms with van der Waals surface area (Å²) in [6.07, 6.45) is 1.00. The first-order valence-corrected chi connectivity index (χ1v) is 9.12. The highest BCUT2D eigenvalue weighted by Crippen LogP contribution is 2.39. The van der Waals surface area contributed by atoms with Gasteiger partial charge in [-0.2, -0.15) is 0 Å². The minimum Gasteiger partial charge on any atom is -0.496 e. The fourth-order valence-corrected chi connectivity index (χ4v) is 3.39. The van der Waals surface area contributed by atoms with E-state index in [1.54, 1.807) is 12.1 Å². The van der Waals surface area contributed by atoms with Crippen LogP contribution in [0, 0.1) is 0 Å². The maximum absolute atomic E-state index is 13.0. The fraction of sp³-hybridized carbons (Fsp3) is 0.176. The van der Waals surface area contributed by atoms with Gasteiger partial charge in [0.15, 0.2) is 11.6 Å². The van der Waals surface area contributed by atoms with Gasteiger partial charge in [-0.05, 0) is 30.3 Å². The van der Waals surface area contributed by atoms with Gasteiger partial charge in [-0.25, -0.2) is 8.42 Å². The number of nitrogens with one attached hydrogen (secondary N) is 1. The van der Waals surface area contributed by atoms with E-state index in [1.807, 2.05) is 0 Å². The highest BCUT2D eigenvalue weighted by atomic mass is 32.2. The average molecular weight is 361 g/mol. The van der Waals surface area contributed by atoms with Gasteiger partial charge >= 0.3 is 0 Å². The van der Waals surface area contributed by atoms with Crippen LogP contribution in [0.5, 0.6) is 11.5 Å². The van der Waals surface area contributed by atoms with Gasteiger partial charge in [0.05, 0.1) is 31.6 Å². The summed E-state index contributed by atoms with van der Waals surface area (Å²) in [5, 5.41) is 0. The molecule has 7 nitrogen and oxygen atoms in total. The molecule has 0 amide bonds. The summed E-state index contributed by atoms with van der Waals surface area (Å²) in [6, 6.07) is 7.31. The first-order chi connectivity index (χ1) is 11.8. The van der Waals surface area contributed by atoms with Crippen LogP contribution in [0.4, 0.5) is 5.69 Å². The smallest absolute Gasteiger partial charge is 0.229 e. The van der Waals surface area contributed by atoms with Gasteiger partial charge in [0, 0.05) is 16.8 Å². The molecular formula is C17H15NO6S. The van der Waals surface area contributed by atoms with Crippen LogP contribution in [-0.4, -0.2) is 40.5 Å². The molecule has 1 aliphatic rings. The predicted molar refractivity (Wildman–Crippen MR) is 91.3 cm³/mol. The molecule has 0 fully saturated rings. The van der Waals surface area contributed by atoms with E-state index in [0.29, 0.717) is 0 Å². The quantitative estimate of drug-likeness (QED) is 0.761. The molecule has 0 saturated heterocycles. The Bertz CT molecular complexity index is 1010. The molecule has 0 radical (unpaired) electrons. The van der Waals surface area contributed by atoms with Crippen molar-refractivity contribution in [3.63, 3.8) is 0 Å². The molecule has 0 bridgehead atoms. The summed E-state index contributed by atoms with van der Waals surface area (Å²) >= 11 is 0. The molecule has 0 saturated carbocycles. The summed E-state index contributed by atoms with van der Waals surface area (Å²) in [6.45, 7) is 0. The van der Waals surface area contributed by atoms with Crippen molar-refractivity contribution >= 4 is 27.3 Å². The Kier molecular flexibility index (Phi) is 4.00. The SMILES string of the molecule is COc1ccc(OC)c2c1C(=O)c1ccc(NS(C)(=O)=O)cc1C2=O. The number of carbonyl (C=O) groups is 2. The van der Waals surface area contributed by atoms with E-state index in [9.17, 15) is 18.0 Å². The molecule has 0 aromatic heterocycles. The van der Waals surface area contributed by atoms with Gasteiger partial charge in [-0.1, -0.05) is 0 Å². The van der Waals surface area contributed by atoms with Crippen molar-refractivity contribution in [2.75, 3.05) is 25.2 Å². The molecule has 0 unspecified atom stereocenters. The van der Waals surface area contributed by atoms with E-state index in [-0.39, 0.29) is 45.2 Å². The van der Waals surface area contributed by atoms with Gasteiger partial charge in [0.1, 0.15) is 11.5 Å². The number of ether oxygens (including phenoxy) is 2. The highest BCUT2D eigenvalue weighted by Gasteiger charge is 2.35. The third kappa shape index (κ3) is 2.85. The zero-order valence-electron chi connectivity index (χ0n) is 13.7. The van der Waals surface area contributed by atoms with Gasteiger partial charge in [0.2, 0.25) is 10.0 Å². The summed E-state index contributed by atoms with van der Waals surface area (Å²) in [5.74, 6) is -0.289. The van der Waals surface area contributed by atoms with Crippen LogP contribution in [0.15, 0.2) is 30.3 Å². The molecular weight excluding hydrogens is 346 g/mol. The Balaban J connectivity index is 2.23. The van der Waals surface area contributed by atoms with Crippen LogP contribution in [0.25, 0.3) is 0 Å². The molecule has 0 heterocycles. The normalized spacial score (nSPS) is 13.1. The van der Waals surface area contributed by atoms with Crippen molar-refractivity contribution in [1.29, 1.82) is 0 Å². The third-order valence-corrected chi connectivity index (χ3v) is 4.44. The summed E-state index contributed by atoms with van der Waals surface area (Å²) in [7, 11) is -0.699. The van der Waals surface area contributed by atoms with Crippen molar-refractivity contribution in [2.24, 2.45) is 0 Å². The molecule has 0 aliphatic heterocycles. The maximum atomic E-state index is 13.0. The number of rotatable bonds is 4. The average Bonchev–Trinajstić information content (AvgIpc) is 2.56. The first kappa shape index (κ1) is 17.0. The van der Waals surface area contributed by atoms with Crippen LogP contribution < -0.4 is 14.2 Å². The van der Waals surface area contributed by atoms with E-state index >= 15 is 0 Å². The number of hydrogen-bond donors (Lipinski definition) is 1. The van der Waals surface area contributed by atoms with Crippen molar-refractivity contribution in [2.45, 2.75) is 0 Å². The van der Waals surface area contributed by atoms with Gasteiger partial charge in [-0.15, -0.1) is 0 Å². The number of sulfonamides is 1. The molecule has 0 spiro atoms. The standard InChI is InChI=1S/C17H15NO6S/c1-23-12-6-7-13(24-2)15-14(12)16(19)10-5-4-9(18-25(3,21)22)8-11(10)17(15)20/h4-8,18H,1-3H3. The van der Waals surface area contributed by atoms with Crippen LogP contribution in [0.1, 0.15) is 31.8 Å². The second kappa shape index (κ2) is 5.89. The van der Waals surface area contributed by atoms with Gasteiger partial charge < -0.3 is 9.47 Å². The van der Waals surface area contributed by atoms with E-state index in [2.05, 4.69) is 4.72 Å². The second-order valence-electron chi connectivity index (χ2n) is 5.51. The van der Waals surface area contributed by atoms with Crippen LogP contribution in [-0.2, 0) is 10.0 Å². The van der Waals surface area contributed by atoms with Crippen molar-refractivity contribution in [3.05, 3.63) is 52.6 Å². The van der Waals surface area contributed by atoms with Crippen LogP contribution in [0.2, 0.25) is 0 Å². The first-order valence-electron chi connectivity index (χ1n) is 7.23. The largest absolute Gasteiger partial charge is 0.496 e. The van der Waals surface area contributed by atoms with Gasteiger partial charge in [0.25, 0.3) is 0 Å². The van der Waals surface area contributed by atoms with Crippen molar-refractivity contribution < 1.29 is 27.5 Å². The Labute approximate surface area is 144 Å². The minimum atomic E-state index is -3.51. The predicted octanol–water partition coefficient (Wildman–Crippen LogP) is 1.85. The van der Waals surface area contributed by atoms with Crippen LogP contribution >= 0.6 is 0 Å². The summed E-state index contributed by atoms with van der Waals surface area (Å²) < 4.78 is 35.5. The number of fused-ring (bicyclic) bond motifs is 2. The van der Waals surface area contributed by atoms with Gasteiger partial charge in [-0.3, -0.25) is 14.3 Å². The lowest BCUT2D eigenvalue weighted by atomic mass is 9.83. The number of ketones is 2. The monoisotopic (exact) mass is 361 g/mol. The van der Waals surface area contributed by atoms with E-state index in [4.69, 9.17) is 9.47 Å². The Hall–Kier alpha value is -2.87. The molecule has 2 aromatic carbocycles. The topological polar surface area (TPSA) is 98.8 Å². The van der Waals surface area contributed by atoms with E-state index in [0.717, 1.165) is 6.26 Å². The third-order valence-electron chi connectivity index (χ3n) is 3.83. The summed E-state index contributed by atoms with van der Waals surface area (Å²) in [5.41, 5.74) is 0.743. The molecule has 25 heavy (non-hydrogen) atoms. The van der Waals surface area contributed by atoms with E-state index in [1.165, 1.54) is 32.4 Å². The Morgan fingerprint density at radius 2 is 1.36 bits per heavy atom. The zero-order chi connectivity index (χ0) is 18.4. The molecule has 1 N–H and O–H groups in total. The molecule has 1 aliphatic carbocycles. The van der Waals surface area contributed by atoms with Crippen molar-refractivity contribution in [1.82, 2.24) is 0 Å². The number of methoxy groups -OCH3 is 2. The zero-order valence-corrected chi connectivity index (χ0v) is 14.6. The fourth-order valence-electron chi connectivity index (χ4n) is 2.83. The molecule has 3 rings (SSSR count). The lowest BCUT2D eigenvalue weighted by Gasteiger charge is -2.22. The number of carbonyl (C=O) groups excluding carboxylic acids is 2. The number of hydrogen-bond acceptors (Lipinski definition) is 6. The Morgan fingerprint density at radius 3 is 1.84 bits per heavy atom. The molecule has 8 heteroatoms.